The molecule has 0 N–H and O–H groups in total. The van der Waals surface area contributed by atoms with Crippen LogP contribution in [0.25, 0.3) is 5.57 Å². The lowest BCUT2D eigenvalue weighted by molar-refractivity contribution is -0.148. The van der Waals surface area contributed by atoms with Crippen LogP contribution in [-0.2, 0) is 0 Å². The van der Waals surface area contributed by atoms with Crippen LogP contribution in [0.3, 0.4) is 0 Å². The molecule has 0 aromatic heterocycles. The molecule has 2 rings (SSSR count). The standard InChI is InChI=1S/C18H22F4OS/c1-11(12(2)14-8-16(9-14)24-3)13-4-6-15(7-5-13)23-10-18(21,22)17(19)20/h4-7,14,16-17H,8-10H2,1-3H3/b12-11+. The second kappa shape index (κ2) is 7.81. The average molecular weight is 362 g/mol. The lowest BCUT2D eigenvalue weighted by atomic mass is 9.77. The number of alkyl halides is 4. The van der Waals surface area contributed by atoms with Gasteiger partial charge in [-0.05, 0) is 62.1 Å². The normalized spacial score (nSPS) is 22.2. The number of halogens is 4. The summed E-state index contributed by atoms with van der Waals surface area (Å²) < 4.78 is 54.7. The molecule has 0 saturated heterocycles. The van der Waals surface area contributed by atoms with Crippen LogP contribution in [-0.4, -0.2) is 30.5 Å². The Hall–Kier alpha value is -1.17. The van der Waals surface area contributed by atoms with E-state index in [1.54, 1.807) is 24.3 Å². The van der Waals surface area contributed by atoms with Crippen molar-refractivity contribution in [3.63, 3.8) is 0 Å². The summed E-state index contributed by atoms with van der Waals surface area (Å²) in [5.74, 6) is -3.37. The van der Waals surface area contributed by atoms with Gasteiger partial charge < -0.3 is 4.74 Å². The molecule has 0 radical (unpaired) electrons. The minimum Gasteiger partial charge on any atom is -0.487 e. The largest absolute Gasteiger partial charge is 0.487 e. The van der Waals surface area contributed by atoms with E-state index in [0.717, 1.165) is 10.8 Å². The Kier molecular flexibility index (Phi) is 6.23. The topological polar surface area (TPSA) is 9.23 Å². The molecule has 1 nitrogen and oxygen atoms in total. The molecule has 0 amide bonds. The van der Waals surface area contributed by atoms with Crippen molar-refractivity contribution in [1.29, 1.82) is 0 Å². The van der Waals surface area contributed by atoms with Crippen LogP contribution < -0.4 is 4.74 Å². The summed E-state index contributed by atoms with van der Waals surface area (Å²) in [6.45, 7) is 2.85. The molecule has 0 bridgehead atoms. The fraction of sp³-hybridized carbons (Fsp3) is 0.556. The van der Waals surface area contributed by atoms with E-state index >= 15 is 0 Å². The van der Waals surface area contributed by atoms with E-state index in [1.165, 1.54) is 24.0 Å². The van der Waals surface area contributed by atoms with Crippen molar-refractivity contribution in [1.82, 2.24) is 0 Å². The van der Waals surface area contributed by atoms with Crippen LogP contribution in [0.2, 0.25) is 0 Å². The fourth-order valence-corrected chi connectivity index (χ4v) is 3.54. The van der Waals surface area contributed by atoms with E-state index in [2.05, 4.69) is 13.2 Å². The molecule has 24 heavy (non-hydrogen) atoms. The van der Waals surface area contributed by atoms with Crippen molar-refractivity contribution in [3.8, 4) is 5.75 Å². The van der Waals surface area contributed by atoms with Crippen molar-refractivity contribution in [3.05, 3.63) is 35.4 Å². The van der Waals surface area contributed by atoms with Gasteiger partial charge in [0.2, 0.25) is 0 Å². The minimum atomic E-state index is -4.14. The second-order valence-corrected chi connectivity index (χ2v) is 7.35. The molecule has 0 heterocycles. The van der Waals surface area contributed by atoms with E-state index in [0.29, 0.717) is 5.92 Å². The molecular weight excluding hydrogens is 340 g/mol. The third kappa shape index (κ3) is 4.47. The molecule has 0 atom stereocenters. The third-order valence-electron chi connectivity index (χ3n) is 4.67. The van der Waals surface area contributed by atoms with Crippen LogP contribution in [0, 0.1) is 5.92 Å². The number of hydrogen-bond acceptors (Lipinski definition) is 2. The lowest BCUT2D eigenvalue weighted by Gasteiger charge is -2.36. The summed E-state index contributed by atoms with van der Waals surface area (Å²) in [5, 5.41) is 0.741. The Morgan fingerprint density at radius 2 is 1.79 bits per heavy atom. The number of hydrogen-bond donors (Lipinski definition) is 0. The Morgan fingerprint density at radius 1 is 1.21 bits per heavy atom. The SMILES string of the molecule is CSC1CC(/C(C)=C(\C)c2ccc(OCC(F)(F)C(F)F)cc2)C1. The first-order valence-corrected chi connectivity index (χ1v) is 9.12. The lowest BCUT2D eigenvalue weighted by Crippen LogP contribution is -2.33. The van der Waals surface area contributed by atoms with Crippen LogP contribution >= 0.6 is 11.8 Å². The maximum Gasteiger partial charge on any atom is 0.340 e. The maximum absolute atomic E-state index is 12.9. The highest BCUT2D eigenvalue weighted by molar-refractivity contribution is 7.99. The summed E-state index contributed by atoms with van der Waals surface area (Å²) in [7, 11) is 0. The molecule has 134 valence electrons. The molecule has 0 aliphatic heterocycles. The predicted molar refractivity (Wildman–Crippen MR) is 91.2 cm³/mol. The number of allylic oxidation sites excluding steroid dienone is 2. The van der Waals surface area contributed by atoms with Gasteiger partial charge in [0.15, 0.2) is 6.61 Å². The summed E-state index contributed by atoms with van der Waals surface area (Å²) >= 11 is 1.90. The van der Waals surface area contributed by atoms with Crippen molar-refractivity contribution in [2.24, 2.45) is 5.92 Å². The van der Waals surface area contributed by atoms with Crippen molar-refractivity contribution in [2.75, 3.05) is 12.9 Å². The van der Waals surface area contributed by atoms with Crippen LogP contribution in [0.15, 0.2) is 29.8 Å². The highest BCUT2D eigenvalue weighted by Gasteiger charge is 2.41. The maximum atomic E-state index is 12.9. The van der Waals surface area contributed by atoms with E-state index in [4.69, 9.17) is 4.74 Å². The minimum absolute atomic E-state index is 0.163. The fourth-order valence-electron chi connectivity index (χ4n) is 2.69. The van der Waals surface area contributed by atoms with Crippen LogP contribution in [0.5, 0.6) is 5.75 Å². The molecule has 1 fully saturated rings. The molecular formula is C18H22F4OS. The average Bonchev–Trinajstić information content (AvgIpc) is 2.51. The first-order chi connectivity index (χ1) is 11.2. The van der Waals surface area contributed by atoms with Gasteiger partial charge in [0.25, 0.3) is 0 Å². The van der Waals surface area contributed by atoms with Gasteiger partial charge in [-0.15, -0.1) is 0 Å². The van der Waals surface area contributed by atoms with Crippen LogP contribution in [0.4, 0.5) is 17.6 Å². The molecule has 1 aromatic carbocycles. The number of ether oxygens (including phenoxy) is 1. The molecule has 6 heteroatoms. The molecule has 0 unspecified atom stereocenters. The van der Waals surface area contributed by atoms with Gasteiger partial charge in [-0.25, -0.2) is 8.78 Å². The summed E-state index contributed by atoms with van der Waals surface area (Å²) in [6, 6.07) is 6.64. The van der Waals surface area contributed by atoms with Gasteiger partial charge in [0, 0.05) is 5.25 Å². The zero-order valence-electron chi connectivity index (χ0n) is 14.0. The zero-order chi connectivity index (χ0) is 17.9. The van der Waals surface area contributed by atoms with E-state index in [-0.39, 0.29) is 5.75 Å². The molecule has 0 spiro atoms. The van der Waals surface area contributed by atoms with Gasteiger partial charge in [0.05, 0.1) is 0 Å². The first kappa shape index (κ1) is 19.2. The van der Waals surface area contributed by atoms with Gasteiger partial charge in [-0.3, -0.25) is 0 Å². The van der Waals surface area contributed by atoms with Gasteiger partial charge in [0.1, 0.15) is 5.75 Å². The quantitative estimate of drug-likeness (QED) is 0.559. The molecule has 1 aliphatic carbocycles. The zero-order valence-corrected chi connectivity index (χ0v) is 14.8. The summed E-state index contributed by atoms with van der Waals surface area (Å²) in [4.78, 5) is 0. The summed E-state index contributed by atoms with van der Waals surface area (Å²) in [6.07, 6.45) is 0.781. The van der Waals surface area contributed by atoms with Gasteiger partial charge in [-0.2, -0.15) is 20.5 Å². The van der Waals surface area contributed by atoms with E-state index in [1.807, 2.05) is 18.7 Å². The molecule has 1 aliphatic rings. The Balaban J connectivity index is 1.99. The second-order valence-electron chi connectivity index (χ2n) is 6.21. The highest BCUT2D eigenvalue weighted by Crippen LogP contribution is 2.42. The summed E-state index contributed by atoms with van der Waals surface area (Å²) in [5.41, 5.74) is 3.51. The van der Waals surface area contributed by atoms with Crippen molar-refractivity contribution < 1.29 is 22.3 Å². The third-order valence-corrected chi connectivity index (χ3v) is 5.72. The predicted octanol–water partition coefficient (Wildman–Crippen LogP) is 5.90. The first-order valence-electron chi connectivity index (χ1n) is 7.84. The van der Waals surface area contributed by atoms with E-state index < -0.39 is 19.0 Å². The van der Waals surface area contributed by atoms with Gasteiger partial charge >= 0.3 is 12.3 Å². The molecule has 1 saturated carbocycles. The van der Waals surface area contributed by atoms with Gasteiger partial charge in [-0.1, -0.05) is 17.7 Å². The Morgan fingerprint density at radius 3 is 2.29 bits per heavy atom. The van der Waals surface area contributed by atoms with Crippen LogP contribution in [0.1, 0.15) is 32.3 Å². The van der Waals surface area contributed by atoms with Crippen molar-refractivity contribution in [2.45, 2.75) is 44.3 Å². The van der Waals surface area contributed by atoms with Crippen molar-refractivity contribution >= 4 is 17.3 Å². The number of rotatable bonds is 7. The number of benzene rings is 1. The highest BCUT2D eigenvalue weighted by atomic mass is 32.2. The number of thioether (sulfide) groups is 1. The Labute approximate surface area is 144 Å². The monoisotopic (exact) mass is 362 g/mol. The van der Waals surface area contributed by atoms with E-state index in [9.17, 15) is 17.6 Å². The Bertz CT molecular complexity index is 577. The smallest absolute Gasteiger partial charge is 0.340 e. The molecule has 1 aromatic rings.